The first-order chi connectivity index (χ1) is 10.3. The lowest BCUT2D eigenvalue weighted by molar-refractivity contribution is 0.190. The summed E-state index contributed by atoms with van der Waals surface area (Å²) in [5.74, 6) is 2.03. The van der Waals surface area contributed by atoms with E-state index in [1.54, 1.807) is 13.2 Å². The second kappa shape index (κ2) is 5.85. The molecular weight excluding hydrogens is 264 g/mol. The standard InChI is InChI=1S/C18H16O3/c1-20-15-9-7-14(8-10-15)18(19)17-12-11-16(21-17)13-5-3-2-4-6-13/h2-12,18-19H,1H3. The molecule has 0 aliphatic heterocycles. The topological polar surface area (TPSA) is 42.6 Å². The van der Waals surface area contributed by atoms with Crippen molar-refractivity contribution < 1.29 is 14.3 Å². The molecule has 0 amide bonds. The molecule has 0 saturated heterocycles. The van der Waals surface area contributed by atoms with E-state index in [1.165, 1.54) is 0 Å². The van der Waals surface area contributed by atoms with E-state index >= 15 is 0 Å². The zero-order valence-electron chi connectivity index (χ0n) is 11.7. The number of hydrogen-bond acceptors (Lipinski definition) is 3. The summed E-state index contributed by atoms with van der Waals surface area (Å²) in [7, 11) is 1.62. The summed E-state index contributed by atoms with van der Waals surface area (Å²) in [5.41, 5.74) is 1.76. The first kappa shape index (κ1) is 13.5. The molecule has 106 valence electrons. The smallest absolute Gasteiger partial charge is 0.137 e. The van der Waals surface area contributed by atoms with Crippen LogP contribution < -0.4 is 4.74 Å². The third-order valence-corrected chi connectivity index (χ3v) is 3.39. The van der Waals surface area contributed by atoms with Crippen molar-refractivity contribution in [3.63, 3.8) is 0 Å². The predicted molar refractivity (Wildman–Crippen MR) is 81.2 cm³/mol. The van der Waals surface area contributed by atoms with E-state index in [0.717, 1.165) is 22.6 Å². The molecule has 0 aliphatic rings. The second-order valence-electron chi connectivity index (χ2n) is 4.74. The lowest BCUT2D eigenvalue weighted by Crippen LogP contribution is -1.97. The van der Waals surface area contributed by atoms with Crippen LogP contribution in [0.4, 0.5) is 0 Å². The molecule has 0 saturated carbocycles. The van der Waals surface area contributed by atoms with E-state index in [9.17, 15) is 5.11 Å². The average Bonchev–Trinajstić information content (AvgIpc) is 3.05. The van der Waals surface area contributed by atoms with Gasteiger partial charge in [-0.25, -0.2) is 0 Å². The van der Waals surface area contributed by atoms with Crippen molar-refractivity contribution in [2.75, 3.05) is 7.11 Å². The van der Waals surface area contributed by atoms with Gasteiger partial charge in [0.15, 0.2) is 0 Å². The average molecular weight is 280 g/mol. The number of furan rings is 1. The van der Waals surface area contributed by atoms with Gasteiger partial charge in [0.1, 0.15) is 23.4 Å². The minimum atomic E-state index is -0.784. The van der Waals surface area contributed by atoms with Crippen LogP contribution in [0.5, 0.6) is 5.75 Å². The van der Waals surface area contributed by atoms with Crippen LogP contribution in [0.15, 0.2) is 71.1 Å². The maximum Gasteiger partial charge on any atom is 0.137 e. The van der Waals surface area contributed by atoms with E-state index in [-0.39, 0.29) is 0 Å². The summed E-state index contributed by atoms with van der Waals surface area (Å²) in [6.07, 6.45) is -0.784. The number of hydrogen-bond donors (Lipinski definition) is 1. The molecule has 3 nitrogen and oxygen atoms in total. The first-order valence-electron chi connectivity index (χ1n) is 6.75. The molecule has 0 spiro atoms. The molecule has 0 aliphatic carbocycles. The molecule has 0 bridgehead atoms. The fourth-order valence-electron chi connectivity index (χ4n) is 2.21. The van der Waals surface area contributed by atoms with Gasteiger partial charge in [0, 0.05) is 5.56 Å². The maximum absolute atomic E-state index is 10.4. The van der Waals surface area contributed by atoms with Crippen LogP contribution in [0.25, 0.3) is 11.3 Å². The third-order valence-electron chi connectivity index (χ3n) is 3.39. The fraction of sp³-hybridized carbons (Fsp3) is 0.111. The van der Waals surface area contributed by atoms with Crippen LogP contribution in [0, 0.1) is 0 Å². The third kappa shape index (κ3) is 2.83. The predicted octanol–water partition coefficient (Wildman–Crippen LogP) is 4.04. The van der Waals surface area contributed by atoms with Crippen molar-refractivity contribution in [2.24, 2.45) is 0 Å². The van der Waals surface area contributed by atoms with Gasteiger partial charge < -0.3 is 14.3 Å². The second-order valence-corrected chi connectivity index (χ2v) is 4.74. The molecule has 1 aromatic heterocycles. The Labute approximate surface area is 123 Å². The number of ether oxygens (including phenoxy) is 1. The van der Waals surface area contributed by atoms with Gasteiger partial charge in [-0.15, -0.1) is 0 Å². The van der Waals surface area contributed by atoms with Crippen LogP contribution in [-0.2, 0) is 0 Å². The van der Waals surface area contributed by atoms with E-state index < -0.39 is 6.10 Å². The highest BCUT2D eigenvalue weighted by Crippen LogP contribution is 2.29. The number of rotatable bonds is 4. The largest absolute Gasteiger partial charge is 0.497 e. The van der Waals surface area contributed by atoms with Crippen LogP contribution in [-0.4, -0.2) is 12.2 Å². The monoisotopic (exact) mass is 280 g/mol. The molecular formula is C18H16O3. The van der Waals surface area contributed by atoms with E-state index in [1.807, 2.05) is 60.7 Å². The lowest BCUT2D eigenvalue weighted by atomic mass is 10.1. The molecule has 1 N–H and O–H groups in total. The Hall–Kier alpha value is -2.52. The minimum Gasteiger partial charge on any atom is -0.497 e. The van der Waals surface area contributed by atoms with Gasteiger partial charge in [0.2, 0.25) is 0 Å². The van der Waals surface area contributed by atoms with Crippen molar-refractivity contribution in [3.05, 3.63) is 78.1 Å². The first-order valence-corrected chi connectivity index (χ1v) is 6.75. The summed E-state index contributed by atoms with van der Waals surface area (Å²) in [6.45, 7) is 0. The van der Waals surface area contributed by atoms with Crippen molar-refractivity contribution in [2.45, 2.75) is 6.10 Å². The molecule has 3 aromatic rings. The zero-order chi connectivity index (χ0) is 14.7. The summed E-state index contributed by atoms with van der Waals surface area (Å²) in [6, 6.07) is 20.8. The molecule has 1 atom stereocenters. The van der Waals surface area contributed by atoms with Crippen molar-refractivity contribution >= 4 is 0 Å². The van der Waals surface area contributed by atoms with Crippen LogP contribution in [0.3, 0.4) is 0 Å². The number of benzene rings is 2. The Morgan fingerprint density at radius 3 is 2.29 bits per heavy atom. The maximum atomic E-state index is 10.4. The van der Waals surface area contributed by atoms with Crippen molar-refractivity contribution in [1.82, 2.24) is 0 Å². The Morgan fingerprint density at radius 2 is 1.62 bits per heavy atom. The van der Waals surface area contributed by atoms with Gasteiger partial charge in [-0.2, -0.15) is 0 Å². The molecule has 3 rings (SSSR count). The number of aliphatic hydroxyl groups excluding tert-OH is 1. The van der Waals surface area contributed by atoms with Gasteiger partial charge in [-0.1, -0.05) is 42.5 Å². The molecule has 3 heteroatoms. The molecule has 2 aromatic carbocycles. The molecule has 1 unspecified atom stereocenters. The summed E-state index contributed by atoms with van der Waals surface area (Å²) >= 11 is 0. The Bertz CT molecular complexity index is 699. The van der Waals surface area contributed by atoms with Gasteiger partial charge in [-0.3, -0.25) is 0 Å². The fourth-order valence-corrected chi connectivity index (χ4v) is 2.21. The Morgan fingerprint density at radius 1 is 0.905 bits per heavy atom. The van der Waals surface area contributed by atoms with Crippen LogP contribution >= 0.6 is 0 Å². The summed E-state index contributed by atoms with van der Waals surface area (Å²) in [5, 5.41) is 10.4. The van der Waals surface area contributed by atoms with E-state index in [0.29, 0.717) is 5.76 Å². The van der Waals surface area contributed by atoms with Gasteiger partial charge in [0.25, 0.3) is 0 Å². The molecule has 0 fully saturated rings. The van der Waals surface area contributed by atoms with Crippen molar-refractivity contribution in [3.8, 4) is 17.1 Å². The number of aliphatic hydroxyl groups is 1. The van der Waals surface area contributed by atoms with Crippen LogP contribution in [0.1, 0.15) is 17.4 Å². The Kier molecular flexibility index (Phi) is 3.75. The highest BCUT2D eigenvalue weighted by molar-refractivity contribution is 5.57. The Balaban J connectivity index is 1.85. The number of methoxy groups -OCH3 is 1. The molecule has 1 heterocycles. The van der Waals surface area contributed by atoms with Gasteiger partial charge in [-0.05, 0) is 29.8 Å². The van der Waals surface area contributed by atoms with Crippen molar-refractivity contribution in [1.29, 1.82) is 0 Å². The van der Waals surface area contributed by atoms with E-state index in [4.69, 9.17) is 9.15 Å². The minimum absolute atomic E-state index is 0.527. The van der Waals surface area contributed by atoms with Gasteiger partial charge >= 0.3 is 0 Å². The zero-order valence-corrected chi connectivity index (χ0v) is 11.7. The lowest BCUT2D eigenvalue weighted by Gasteiger charge is -2.09. The van der Waals surface area contributed by atoms with Crippen LogP contribution in [0.2, 0.25) is 0 Å². The highest BCUT2D eigenvalue weighted by atomic mass is 16.5. The SMILES string of the molecule is COc1ccc(C(O)c2ccc(-c3ccccc3)o2)cc1. The molecule has 21 heavy (non-hydrogen) atoms. The van der Waals surface area contributed by atoms with E-state index in [2.05, 4.69) is 0 Å². The summed E-state index contributed by atoms with van der Waals surface area (Å²) in [4.78, 5) is 0. The summed E-state index contributed by atoms with van der Waals surface area (Å²) < 4.78 is 10.9. The normalized spacial score (nSPS) is 12.1. The molecule has 0 radical (unpaired) electrons. The quantitative estimate of drug-likeness (QED) is 0.784. The van der Waals surface area contributed by atoms with Gasteiger partial charge in [0.05, 0.1) is 7.11 Å². The highest BCUT2D eigenvalue weighted by Gasteiger charge is 2.15.